The van der Waals surface area contributed by atoms with E-state index in [1.54, 1.807) is 37.3 Å². The Kier molecular flexibility index (Phi) is 4.63. The molecule has 0 saturated carbocycles. The standard InChI is InChI=1S/C13H17ClN2O3/c1-16(13(17)11-8-19-6-5-15-11)9-3-4-12(18-2)10(14)7-9/h3-4,7,11,15H,5-6,8H2,1-2H3. The Hall–Kier alpha value is -1.30. The third-order valence-electron chi connectivity index (χ3n) is 3.07. The van der Waals surface area contributed by atoms with Gasteiger partial charge in [0.25, 0.3) is 0 Å². The highest BCUT2D eigenvalue weighted by atomic mass is 35.5. The van der Waals surface area contributed by atoms with Crippen molar-refractivity contribution in [1.82, 2.24) is 5.32 Å². The van der Waals surface area contributed by atoms with Gasteiger partial charge in [0.2, 0.25) is 5.91 Å². The number of morpholine rings is 1. The van der Waals surface area contributed by atoms with Crippen molar-refractivity contribution in [1.29, 1.82) is 0 Å². The number of benzene rings is 1. The maximum atomic E-state index is 12.3. The molecule has 1 unspecified atom stereocenters. The van der Waals surface area contributed by atoms with E-state index in [1.807, 2.05) is 0 Å². The summed E-state index contributed by atoms with van der Waals surface area (Å²) in [5.74, 6) is 0.548. The van der Waals surface area contributed by atoms with E-state index in [-0.39, 0.29) is 11.9 Å². The summed E-state index contributed by atoms with van der Waals surface area (Å²) in [6.45, 7) is 1.72. The van der Waals surface area contributed by atoms with Gasteiger partial charge in [0.05, 0.1) is 25.3 Å². The van der Waals surface area contributed by atoms with Gasteiger partial charge in [-0.3, -0.25) is 4.79 Å². The van der Waals surface area contributed by atoms with Crippen molar-refractivity contribution in [2.24, 2.45) is 0 Å². The maximum absolute atomic E-state index is 12.3. The molecule has 1 fully saturated rings. The van der Waals surface area contributed by atoms with Gasteiger partial charge in [-0.15, -0.1) is 0 Å². The molecule has 1 aliphatic rings. The van der Waals surface area contributed by atoms with Crippen molar-refractivity contribution in [3.63, 3.8) is 0 Å². The maximum Gasteiger partial charge on any atom is 0.246 e. The Morgan fingerprint density at radius 1 is 1.58 bits per heavy atom. The molecule has 0 radical (unpaired) electrons. The first-order valence-electron chi connectivity index (χ1n) is 6.05. The first kappa shape index (κ1) is 14.1. The molecule has 104 valence electrons. The number of halogens is 1. The summed E-state index contributed by atoms with van der Waals surface area (Å²) in [5, 5.41) is 3.61. The molecule has 1 aromatic carbocycles. The van der Waals surface area contributed by atoms with E-state index < -0.39 is 0 Å². The van der Waals surface area contributed by atoms with Crippen LogP contribution >= 0.6 is 11.6 Å². The van der Waals surface area contributed by atoms with E-state index >= 15 is 0 Å². The van der Waals surface area contributed by atoms with E-state index in [0.717, 1.165) is 5.69 Å². The third-order valence-corrected chi connectivity index (χ3v) is 3.37. The van der Waals surface area contributed by atoms with E-state index in [2.05, 4.69) is 5.32 Å². The molecule has 1 heterocycles. The van der Waals surface area contributed by atoms with Crippen LogP contribution in [0.5, 0.6) is 5.75 Å². The lowest BCUT2D eigenvalue weighted by Gasteiger charge is -2.27. The highest BCUT2D eigenvalue weighted by molar-refractivity contribution is 6.32. The summed E-state index contributed by atoms with van der Waals surface area (Å²) < 4.78 is 10.4. The van der Waals surface area contributed by atoms with Crippen molar-refractivity contribution >= 4 is 23.2 Å². The Morgan fingerprint density at radius 3 is 2.95 bits per heavy atom. The Bertz CT molecular complexity index is 461. The average molecular weight is 285 g/mol. The van der Waals surface area contributed by atoms with Crippen molar-refractivity contribution < 1.29 is 14.3 Å². The van der Waals surface area contributed by atoms with Gasteiger partial charge >= 0.3 is 0 Å². The number of carbonyl (C=O) groups is 1. The summed E-state index contributed by atoms with van der Waals surface area (Å²) in [4.78, 5) is 13.8. The lowest BCUT2D eigenvalue weighted by molar-refractivity contribution is -0.123. The number of anilines is 1. The molecule has 1 N–H and O–H groups in total. The Morgan fingerprint density at radius 2 is 2.37 bits per heavy atom. The molecule has 0 bridgehead atoms. The summed E-state index contributed by atoms with van der Waals surface area (Å²) in [7, 11) is 3.27. The minimum absolute atomic E-state index is 0.0408. The predicted molar refractivity (Wildman–Crippen MR) is 74.0 cm³/mol. The fraction of sp³-hybridized carbons (Fsp3) is 0.462. The monoisotopic (exact) mass is 284 g/mol. The van der Waals surface area contributed by atoms with E-state index in [0.29, 0.717) is 30.5 Å². The van der Waals surface area contributed by atoms with Crippen LogP contribution in [0, 0.1) is 0 Å². The fourth-order valence-electron chi connectivity index (χ4n) is 1.95. The van der Waals surface area contributed by atoms with Crippen LogP contribution < -0.4 is 15.0 Å². The lowest BCUT2D eigenvalue weighted by Crippen LogP contribution is -2.51. The first-order chi connectivity index (χ1) is 9.13. The SMILES string of the molecule is COc1ccc(N(C)C(=O)C2COCCN2)cc1Cl. The Labute approximate surface area is 117 Å². The molecule has 0 spiro atoms. The number of methoxy groups -OCH3 is 1. The van der Waals surface area contributed by atoms with E-state index in [9.17, 15) is 4.79 Å². The van der Waals surface area contributed by atoms with Crippen molar-refractivity contribution in [2.45, 2.75) is 6.04 Å². The quantitative estimate of drug-likeness (QED) is 0.909. The van der Waals surface area contributed by atoms with Crippen molar-refractivity contribution in [3.05, 3.63) is 23.2 Å². The molecule has 6 heteroatoms. The number of amides is 1. The summed E-state index contributed by atoms with van der Waals surface area (Å²) in [6, 6.07) is 4.94. The van der Waals surface area contributed by atoms with Crippen LogP contribution in [-0.2, 0) is 9.53 Å². The zero-order chi connectivity index (χ0) is 13.8. The number of hydrogen-bond donors (Lipinski definition) is 1. The third kappa shape index (κ3) is 3.18. The molecule has 1 amide bonds. The molecule has 5 nitrogen and oxygen atoms in total. The van der Waals surface area contributed by atoms with Crippen LogP contribution in [0.1, 0.15) is 0 Å². The van der Waals surface area contributed by atoms with Crippen LogP contribution in [0.25, 0.3) is 0 Å². The van der Waals surface area contributed by atoms with Gasteiger partial charge in [0.15, 0.2) is 0 Å². The molecule has 1 saturated heterocycles. The average Bonchev–Trinajstić information content (AvgIpc) is 2.46. The zero-order valence-electron chi connectivity index (χ0n) is 11.0. The molecular weight excluding hydrogens is 268 g/mol. The number of rotatable bonds is 3. The van der Waals surface area contributed by atoms with E-state index in [1.165, 1.54) is 0 Å². The Balaban J connectivity index is 2.11. The van der Waals surface area contributed by atoms with Gasteiger partial charge in [-0.2, -0.15) is 0 Å². The lowest BCUT2D eigenvalue weighted by atomic mass is 10.2. The smallest absolute Gasteiger partial charge is 0.246 e. The summed E-state index contributed by atoms with van der Waals surface area (Å²) in [6.07, 6.45) is 0. The minimum Gasteiger partial charge on any atom is -0.495 e. The zero-order valence-corrected chi connectivity index (χ0v) is 11.7. The molecule has 19 heavy (non-hydrogen) atoms. The molecule has 0 aromatic heterocycles. The highest BCUT2D eigenvalue weighted by Gasteiger charge is 2.25. The van der Waals surface area contributed by atoms with Crippen LogP contribution in [0.2, 0.25) is 5.02 Å². The van der Waals surface area contributed by atoms with Crippen molar-refractivity contribution in [3.8, 4) is 5.75 Å². The first-order valence-corrected chi connectivity index (χ1v) is 6.43. The number of likely N-dealkylation sites (N-methyl/N-ethyl adjacent to an activating group) is 1. The van der Waals surface area contributed by atoms with Crippen LogP contribution in [-0.4, -0.2) is 45.9 Å². The molecule has 2 rings (SSSR count). The molecule has 0 aliphatic carbocycles. The summed E-state index contributed by atoms with van der Waals surface area (Å²) in [5.41, 5.74) is 0.725. The van der Waals surface area contributed by atoms with Crippen LogP contribution in [0.4, 0.5) is 5.69 Å². The predicted octanol–water partition coefficient (Wildman–Crippen LogP) is 1.30. The minimum atomic E-state index is -0.306. The number of hydrogen-bond acceptors (Lipinski definition) is 4. The van der Waals surface area contributed by atoms with Crippen LogP contribution in [0.3, 0.4) is 0 Å². The van der Waals surface area contributed by atoms with Gasteiger partial charge in [-0.25, -0.2) is 0 Å². The van der Waals surface area contributed by atoms with Gasteiger partial charge in [-0.1, -0.05) is 11.6 Å². The van der Waals surface area contributed by atoms with Gasteiger partial charge in [-0.05, 0) is 18.2 Å². The van der Waals surface area contributed by atoms with Gasteiger partial charge in [0, 0.05) is 19.3 Å². The van der Waals surface area contributed by atoms with Gasteiger partial charge in [0.1, 0.15) is 11.8 Å². The number of nitrogens with zero attached hydrogens (tertiary/aromatic N) is 1. The largest absolute Gasteiger partial charge is 0.495 e. The van der Waals surface area contributed by atoms with E-state index in [4.69, 9.17) is 21.1 Å². The normalized spacial score (nSPS) is 19.0. The molecular formula is C13H17ClN2O3. The number of carbonyl (C=O) groups excluding carboxylic acids is 1. The second-order valence-corrected chi connectivity index (χ2v) is 4.70. The number of nitrogens with one attached hydrogen (secondary N) is 1. The van der Waals surface area contributed by atoms with Crippen LogP contribution in [0.15, 0.2) is 18.2 Å². The molecule has 1 aliphatic heterocycles. The number of ether oxygens (including phenoxy) is 2. The molecule has 1 atom stereocenters. The second-order valence-electron chi connectivity index (χ2n) is 4.30. The second kappa shape index (κ2) is 6.23. The highest BCUT2D eigenvalue weighted by Crippen LogP contribution is 2.28. The van der Waals surface area contributed by atoms with Gasteiger partial charge < -0.3 is 19.7 Å². The summed E-state index contributed by atoms with van der Waals surface area (Å²) >= 11 is 6.06. The fourth-order valence-corrected chi connectivity index (χ4v) is 2.20. The topological polar surface area (TPSA) is 50.8 Å². The van der Waals surface area contributed by atoms with Crippen molar-refractivity contribution in [2.75, 3.05) is 38.8 Å². The molecule has 1 aromatic rings.